The number of hydrogen-bond donors (Lipinski definition) is 1. The van der Waals surface area contributed by atoms with Crippen LogP contribution in [0.5, 0.6) is 0 Å². The lowest BCUT2D eigenvalue weighted by molar-refractivity contribution is 0.628. The zero-order valence-corrected chi connectivity index (χ0v) is 12.1. The second kappa shape index (κ2) is 4.84. The summed E-state index contributed by atoms with van der Waals surface area (Å²) in [7, 11) is 1.92. The van der Waals surface area contributed by atoms with Crippen LogP contribution in [0.25, 0.3) is 22.4 Å². The van der Waals surface area contributed by atoms with Crippen molar-refractivity contribution in [3.05, 3.63) is 39.1 Å². The molecule has 0 aliphatic carbocycles. The molecular weight excluding hydrogens is 312 g/mol. The Kier molecular flexibility index (Phi) is 3.20. The number of halogens is 1. The molecule has 0 bridgehead atoms. The Bertz CT molecular complexity index is 689. The Hall–Kier alpha value is -1.17. The number of nitrogens with one attached hydrogen (secondary N) is 1. The summed E-state index contributed by atoms with van der Waals surface area (Å²) in [5, 5.41) is 7.27. The van der Waals surface area contributed by atoms with Crippen LogP contribution < -0.4 is 5.32 Å². The number of benzene rings is 1. The number of rotatable bonds is 3. The maximum Gasteiger partial charge on any atom is 0.154 e. The van der Waals surface area contributed by atoms with Crippen LogP contribution >= 0.6 is 27.3 Å². The molecule has 1 N–H and O–H groups in total. The average Bonchev–Trinajstić information content (AvgIpc) is 2.94. The molecule has 0 aliphatic heterocycles. The maximum atomic E-state index is 5.80. The molecule has 18 heavy (non-hydrogen) atoms. The Morgan fingerprint density at radius 3 is 3.11 bits per heavy atom. The molecule has 3 nitrogen and oxygen atoms in total. The van der Waals surface area contributed by atoms with Crippen LogP contribution in [0.15, 0.2) is 38.5 Å². The van der Waals surface area contributed by atoms with Gasteiger partial charge in [0.05, 0.1) is 0 Å². The monoisotopic (exact) mass is 322 g/mol. The van der Waals surface area contributed by atoms with Crippen LogP contribution in [0.4, 0.5) is 0 Å². The Morgan fingerprint density at radius 2 is 2.28 bits per heavy atom. The largest absolute Gasteiger partial charge is 0.454 e. The molecule has 0 fully saturated rings. The van der Waals surface area contributed by atoms with Gasteiger partial charge in [-0.15, -0.1) is 11.3 Å². The van der Waals surface area contributed by atoms with Gasteiger partial charge in [-0.2, -0.15) is 0 Å². The lowest BCUT2D eigenvalue weighted by atomic mass is 10.2. The number of nitrogens with zero attached hydrogens (tertiary/aromatic N) is 1. The van der Waals surface area contributed by atoms with Crippen LogP contribution in [0.3, 0.4) is 0 Å². The minimum atomic E-state index is 0.788. The van der Waals surface area contributed by atoms with Crippen LogP contribution in [0.1, 0.15) is 5.01 Å². The summed E-state index contributed by atoms with van der Waals surface area (Å²) < 4.78 is 6.86. The molecule has 0 amide bonds. The van der Waals surface area contributed by atoms with Gasteiger partial charge in [0, 0.05) is 21.8 Å². The summed E-state index contributed by atoms with van der Waals surface area (Å²) in [4.78, 5) is 4.54. The molecule has 2 aromatic heterocycles. The SMILES string of the molecule is CNCc1nc(-c2cc3cc(Br)ccc3o2)cs1. The first-order valence-electron chi connectivity index (χ1n) is 5.55. The van der Waals surface area contributed by atoms with E-state index >= 15 is 0 Å². The van der Waals surface area contributed by atoms with Crippen molar-refractivity contribution in [1.82, 2.24) is 10.3 Å². The quantitative estimate of drug-likeness (QED) is 0.790. The van der Waals surface area contributed by atoms with Crippen molar-refractivity contribution < 1.29 is 4.42 Å². The molecule has 3 aromatic rings. The van der Waals surface area contributed by atoms with E-state index in [4.69, 9.17) is 4.42 Å². The minimum Gasteiger partial charge on any atom is -0.454 e. The van der Waals surface area contributed by atoms with Crippen LogP contribution in [-0.4, -0.2) is 12.0 Å². The van der Waals surface area contributed by atoms with E-state index in [1.165, 1.54) is 0 Å². The highest BCUT2D eigenvalue weighted by atomic mass is 79.9. The molecule has 0 saturated heterocycles. The van der Waals surface area contributed by atoms with Gasteiger partial charge in [0.2, 0.25) is 0 Å². The summed E-state index contributed by atoms with van der Waals surface area (Å²) in [6.07, 6.45) is 0. The second-order valence-electron chi connectivity index (χ2n) is 3.95. The van der Waals surface area contributed by atoms with Crippen molar-refractivity contribution in [2.45, 2.75) is 6.54 Å². The van der Waals surface area contributed by atoms with Gasteiger partial charge in [0.25, 0.3) is 0 Å². The van der Waals surface area contributed by atoms with Crippen LogP contribution in [0.2, 0.25) is 0 Å². The molecule has 0 radical (unpaired) electrons. The summed E-state index contributed by atoms with van der Waals surface area (Å²) >= 11 is 5.10. The molecule has 92 valence electrons. The summed E-state index contributed by atoms with van der Waals surface area (Å²) in [6, 6.07) is 8.01. The normalized spacial score (nSPS) is 11.2. The average molecular weight is 323 g/mol. The van der Waals surface area contributed by atoms with Gasteiger partial charge in [-0.25, -0.2) is 4.98 Å². The van der Waals surface area contributed by atoms with E-state index in [1.54, 1.807) is 11.3 Å². The van der Waals surface area contributed by atoms with Gasteiger partial charge < -0.3 is 9.73 Å². The fraction of sp³-hybridized carbons (Fsp3) is 0.154. The standard InChI is InChI=1S/C13H11BrN2OS/c1-15-6-13-16-10(7-18-13)12-5-8-4-9(14)2-3-11(8)17-12/h2-5,7,15H,6H2,1H3. The number of aromatic nitrogens is 1. The highest BCUT2D eigenvalue weighted by molar-refractivity contribution is 9.10. The topological polar surface area (TPSA) is 38.1 Å². The van der Waals surface area contributed by atoms with Crippen molar-refractivity contribution >= 4 is 38.2 Å². The molecule has 2 heterocycles. The zero-order chi connectivity index (χ0) is 12.5. The summed E-state index contributed by atoms with van der Waals surface area (Å²) in [5.74, 6) is 0.821. The second-order valence-corrected chi connectivity index (χ2v) is 5.81. The van der Waals surface area contributed by atoms with Gasteiger partial charge in [0.15, 0.2) is 5.76 Å². The lowest BCUT2D eigenvalue weighted by Crippen LogP contribution is -2.04. The highest BCUT2D eigenvalue weighted by Crippen LogP contribution is 2.30. The number of fused-ring (bicyclic) bond motifs is 1. The van der Waals surface area contributed by atoms with Gasteiger partial charge in [0.1, 0.15) is 16.3 Å². The van der Waals surface area contributed by atoms with Crippen LogP contribution in [-0.2, 0) is 6.54 Å². The molecule has 0 spiro atoms. The zero-order valence-electron chi connectivity index (χ0n) is 9.74. The lowest BCUT2D eigenvalue weighted by Gasteiger charge is -1.91. The van der Waals surface area contributed by atoms with E-state index in [0.717, 1.165) is 38.4 Å². The molecule has 0 atom stereocenters. The number of hydrogen-bond acceptors (Lipinski definition) is 4. The van der Waals surface area contributed by atoms with Crippen LogP contribution in [0, 0.1) is 0 Å². The highest BCUT2D eigenvalue weighted by Gasteiger charge is 2.10. The predicted octanol–water partition coefficient (Wildman–Crippen LogP) is 4.04. The third kappa shape index (κ3) is 2.21. The van der Waals surface area contributed by atoms with E-state index in [0.29, 0.717) is 0 Å². The van der Waals surface area contributed by atoms with E-state index in [2.05, 4.69) is 26.2 Å². The Balaban J connectivity index is 2.02. The minimum absolute atomic E-state index is 0.788. The predicted molar refractivity (Wildman–Crippen MR) is 77.8 cm³/mol. The molecule has 0 unspecified atom stereocenters. The van der Waals surface area contributed by atoms with E-state index in [1.807, 2.05) is 36.7 Å². The van der Waals surface area contributed by atoms with Gasteiger partial charge in [-0.3, -0.25) is 0 Å². The Labute approximate surface area is 117 Å². The fourth-order valence-electron chi connectivity index (χ4n) is 1.80. The van der Waals surface area contributed by atoms with Crippen molar-refractivity contribution in [1.29, 1.82) is 0 Å². The third-order valence-electron chi connectivity index (χ3n) is 2.61. The smallest absolute Gasteiger partial charge is 0.154 e. The molecule has 1 aromatic carbocycles. The number of thiazole rings is 1. The van der Waals surface area contributed by atoms with Crippen molar-refractivity contribution in [2.75, 3.05) is 7.05 Å². The first-order chi connectivity index (χ1) is 8.76. The fourth-order valence-corrected chi connectivity index (χ4v) is 2.97. The van der Waals surface area contributed by atoms with Gasteiger partial charge in [-0.05, 0) is 31.3 Å². The Morgan fingerprint density at radius 1 is 1.39 bits per heavy atom. The molecule has 3 rings (SSSR count). The van der Waals surface area contributed by atoms with Crippen molar-refractivity contribution in [2.24, 2.45) is 0 Å². The maximum absolute atomic E-state index is 5.80. The number of furan rings is 1. The molecular formula is C13H11BrN2OS. The first kappa shape index (κ1) is 11.9. The molecule has 0 aliphatic rings. The van der Waals surface area contributed by atoms with Crippen molar-refractivity contribution in [3.63, 3.8) is 0 Å². The third-order valence-corrected chi connectivity index (χ3v) is 3.95. The van der Waals surface area contributed by atoms with E-state index < -0.39 is 0 Å². The molecule has 5 heteroatoms. The summed E-state index contributed by atoms with van der Waals surface area (Å²) in [6.45, 7) is 0.788. The van der Waals surface area contributed by atoms with E-state index in [9.17, 15) is 0 Å². The van der Waals surface area contributed by atoms with Crippen molar-refractivity contribution in [3.8, 4) is 11.5 Å². The van der Waals surface area contributed by atoms with Gasteiger partial charge in [-0.1, -0.05) is 15.9 Å². The van der Waals surface area contributed by atoms with Gasteiger partial charge >= 0.3 is 0 Å². The first-order valence-corrected chi connectivity index (χ1v) is 7.22. The summed E-state index contributed by atoms with van der Waals surface area (Å²) in [5.41, 5.74) is 1.79. The molecule has 0 saturated carbocycles. The van der Waals surface area contributed by atoms with E-state index in [-0.39, 0.29) is 0 Å².